The van der Waals surface area contributed by atoms with Crippen molar-refractivity contribution in [2.75, 3.05) is 0 Å². The molecule has 0 saturated heterocycles. The molecule has 0 spiro atoms. The van der Waals surface area contributed by atoms with Crippen LogP contribution in [0.4, 0.5) is 0 Å². The summed E-state index contributed by atoms with van der Waals surface area (Å²) in [7, 11) is 3.50. The van der Waals surface area contributed by atoms with E-state index in [-0.39, 0.29) is 11.6 Å². The van der Waals surface area contributed by atoms with Crippen molar-refractivity contribution in [2.45, 2.75) is 26.3 Å². The van der Waals surface area contributed by atoms with Gasteiger partial charge in [-0.1, -0.05) is 13.0 Å². The summed E-state index contributed by atoms with van der Waals surface area (Å²) in [5.74, 6) is -0.171. The molecule has 2 aromatic heterocycles. The number of hydrogen-bond donors (Lipinski definition) is 1. The molecule has 2 heterocycles. The van der Waals surface area contributed by atoms with Crippen LogP contribution in [0.15, 0.2) is 28.4 Å². The SMILES string of the molecule is CCCc1nc(C(=O)NCc2ccc3c(c2)n(C)c(=O)n3C)cs1. The van der Waals surface area contributed by atoms with Crippen LogP contribution in [0, 0.1) is 0 Å². The number of imidazole rings is 1. The first-order chi connectivity index (χ1) is 11.5. The number of aromatic nitrogens is 3. The van der Waals surface area contributed by atoms with Gasteiger partial charge < -0.3 is 5.32 Å². The Bertz CT molecular complexity index is 951. The maximum atomic E-state index is 12.2. The van der Waals surface area contributed by atoms with Gasteiger partial charge in [0.05, 0.1) is 16.0 Å². The van der Waals surface area contributed by atoms with E-state index in [1.807, 2.05) is 18.2 Å². The Kier molecular flexibility index (Phi) is 4.53. The second-order valence-corrected chi connectivity index (χ2v) is 6.73. The van der Waals surface area contributed by atoms with E-state index in [0.717, 1.165) is 34.4 Å². The van der Waals surface area contributed by atoms with Gasteiger partial charge in [0.15, 0.2) is 0 Å². The molecule has 6 nitrogen and oxygen atoms in total. The molecule has 126 valence electrons. The predicted octanol–water partition coefficient (Wildman–Crippen LogP) is 2.22. The van der Waals surface area contributed by atoms with E-state index in [2.05, 4.69) is 17.2 Å². The van der Waals surface area contributed by atoms with Gasteiger partial charge in [0.1, 0.15) is 5.69 Å². The molecule has 0 aliphatic carbocycles. The van der Waals surface area contributed by atoms with Gasteiger partial charge in [-0.3, -0.25) is 13.9 Å². The molecule has 0 radical (unpaired) electrons. The third kappa shape index (κ3) is 2.99. The molecule has 3 aromatic rings. The van der Waals surface area contributed by atoms with Gasteiger partial charge in [0.25, 0.3) is 5.91 Å². The average molecular weight is 344 g/mol. The number of carbonyl (C=O) groups is 1. The van der Waals surface area contributed by atoms with Crippen molar-refractivity contribution in [1.29, 1.82) is 0 Å². The monoisotopic (exact) mass is 344 g/mol. The maximum Gasteiger partial charge on any atom is 0.328 e. The first-order valence-corrected chi connectivity index (χ1v) is 8.76. The standard InChI is InChI=1S/C17H20N4O2S/c1-4-5-15-19-12(10-24-15)16(22)18-9-11-6-7-13-14(8-11)21(3)17(23)20(13)2/h6-8,10H,4-5,9H2,1-3H3,(H,18,22). The minimum Gasteiger partial charge on any atom is -0.347 e. The summed E-state index contributed by atoms with van der Waals surface area (Å²) in [6.45, 7) is 2.49. The maximum absolute atomic E-state index is 12.2. The topological polar surface area (TPSA) is 68.9 Å². The Morgan fingerprint density at radius 1 is 1.25 bits per heavy atom. The molecule has 1 N–H and O–H groups in total. The minimum atomic E-state index is -0.171. The molecule has 0 bridgehead atoms. The molecule has 7 heteroatoms. The summed E-state index contributed by atoms with van der Waals surface area (Å²) in [6, 6.07) is 5.76. The molecular weight excluding hydrogens is 324 g/mol. The highest BCUT2D eigenvalue weighted by molar-refractivity contribution is 7.09. The van der Waals surface area contributed by atoms with Crippen LogP contribution in [-0.2, 0) is 27.1 Å². The zero-order valence-corrected chi connectivity index (χ0v) is 14.8. The van der Waals surface area contributed by atoms with E-state index in [1.165, 1.54) is 11.3 Å². The second kappa shape index (κ2) is 6.60. The number of carbonyl (C=O) groups excluding carboxylic acids is 1. The molecule has 0 aliphatic rings. The smallest absolute Gasteiger partial charge is 0.328 e. The number of amides is 1. The lowest BCUT2D eigenvalue weighted by atomic mass is 10.2. The molecule has 24 heavy (non-hydrogen) atoms. The summed E-state index contributed by atoms with van der Waals surface area (Å²) in [5.41, 5.74) is 3.09. The zero-order valence-electron chi connectivity index (χ0n) is 14.0. The number of aryl methyl sites for hydroxylation is 3. The highest BCUT2D eigenvalue weighted by Gasteiger charge is 2.11. The van der Waals surface area contributed by atoms with Crippen LogP contribution in [0.3, 0.4) is 0 Å². The zero-order chi connectivity index (χ0) is 17.3. The van der Waals surface area contributed by atoms with Crippen molar-refractivity contribution >= 4 is 28.3 Å². The second-order valence-electron chi connectivity index (χ2n) is 5.78. The third-order valence-corrected chi connectivity index (χ3v) is 4.95. The Morgan fingerprint density at radius 3 is 2.75 bits per heavy atom. The summed E-state index contributed by atoms with van der Waals surface area (Å²) in [5, 5.41) is 5.67. The summed E-state index contributed by atoms with van der Waals surface area (Å²) < 4.78 is 3.22. The van der Waals surface area contributed by atoms with E-state index in [1.54, 1.807) is 28.6 Å². The third-order valence-electron chi connectivity index (χ3n) is 4.04. The Balaban J connectivity index is 1.74. The highest BCUT2D eigenvalue weighted by Crippen LogP contribution is 2.15. The summed E-state index contributed by atoms with van der Waals surface area (Å²) in [4.78, 5) is 28.5. The molecule has 1 amide bonds. The fourth-order valence-corrected chi connectivity index (χ4v) is 3.56. The minimum absolute atomic E-state index is 0.0582. The highest BCUT2D eigenvalue weighted by atomic mass is 32.1. The lowest BCUT2D eigenvalue weighted by Crippen LogP contribution is -2.23. The van der Waals surface area contributed by atoms with Crippen LogP contribution in [0.2, 0.25) is 0 Å². The predicted molar refractivity (Wildman–Crippen MR) is 95.4 cm³/mol. The van der Waals surface area contributed by atoms with Crippen LogP contribution < -0.4 is 11.0 Å². The largest absolute Gasteiger partial charge is 0.347 e. The van der Waals surface area contributed by atoms with Crippen molar-refractivity contribution in [2.24, 2.45) is 14.1 Å². The lowest BCUT2D eigenvalue weighted by molar-refractivity contribution is 0.0946. The molecule has 0 unspecified atom stereocenters. The van der Waals surface area contributed by atoms with E-state index >= 15 is 0 Å². The molecule has 0 atom stereocenters. The number of nitrogens with one attached hydrogen (secondary N) is 1. The van der Waals surface area contributed by atoms with Crippen molar-refractivity contribution in [1.82, 2.24) is 19.4 Å². The van der Waals surface area contributed by atoms with Crippen LogP contribution in [0.1, 0.15) is 34.4 Å². The van der Waals surface area contributed by atoms with Gasteiger partial charge in [-0.05, 0) is 30.5 Å². The number of rotatable bonds is 5. The van der Waals surface area contributed by atoms with Crippen molar-refractivity contribution in [3.8, 4) is 0 Å². The van der Waals surface area contributed by atoms with E-state index in [0.29, 0.717) is 12.2 Å². The van der Waals surface area contributed by atoms with Crippen LogP contribution in [-0.4, -0.2) is 20.0 Å². The summed E-state index contributed by atoms with van der Waals surface area (Å²) >= 11 is 1.52. The first-order valence-electron chi connectivity index (χ1n) is 7.88. The molecule has 0 saturated carbocycles. The number of thiazole rings is 1. The van der Waals surface area contributed by atoms with Gasteiger partial charge in [0.2, 0.25) is 0 Å². The molecule has 0 aliphatic heterocycles. The normalized spacial score (nSPS) is 11.1. The molecular formula is C17H20N4O2S. The average Bonchev–Trinajstić information content (AvgIpc) is 3.13. The molecule has 1 aromatic carbocycles. The Hall–Kier alpha value is -2.41. The van der Waals surface area contributed by atoms with Gasteiger partial charge in [-0.25, -0.2) is 9.78 Å². The van der Waals surface area contributed by atoms with E-state index in [9.17, 15) is 9.59 Å². The fourth-order valence-electron chi connectivity index (χ4n) is 2.68. The summed E-state index contributed by atoms with van der Waals surface area (Å²) in [6.07, 6.45) is 1.92. The number of benzene rings is 1. The van der Waals surface area contributed by atoms with Crippen LogP contribution in [0.25, 0.3) is 11.0 Å². The van der Waals surface area contributed by atoms with Crippen molar-refractivity contribution in [3.63, 3.8) is 0 Å². The van der Waals surface area contributed by atoms with Crippen molar-refractivity contribution in [3.05, 3.63) is 50.3 Å². The van der Waals surface area contributed by atoms with Crippen molar-refractivity contribution < 1.29 is 4.79 Å². The van der Waals surface area contributed by atoms with Gasteiger partial charge >= 0.3 is 5.69 Å². The number of fused-ring (bicyclic) bond motifs is 1. The number of hydrogen-bond acceptors (Lipinski definition) is 4. The number of nitrogens with zero attached hydrogens (tertiary/aromatic N) is 3. The van der Waals surface area contributed by atoms with Gasteiger partial charge in [-0.15, -0.1) is 11.3 Å². The fraction of sp³-hybridized carbons (Fsp3) is 0.353. The van der Waals surface area contributed by atoms with Crippen LogP contribution >= 0.6 is 11.3 Å². The van der Waals surface area contributed by atoms with E-state index < -0.39 is 0 Å². The lowest BCUT2D eigenvalue weighted by Gasteiger charge is -2.05. The Labute approximate surface area is 143 Å². The first kappa shape index (κ1) is 16.4. The van der Waals surface area contributed by atoms with Crippen LogP contribution in [0.5, 0.6) is 0 Å². The van der Waals surface area contributed by atoms with E-state index in [4.69, 9.17) is 0 Å². The molecule has 3 rings (SSSR count). The van der Waals surface area contributed by atoms with Gasteiger partial charge in [0, 0.05) is 26.0 Å². The van der Waals surface area contributed by atoms with Gasteiger partial charge in [-0.2, -0.15) is 0 Å². The Morgan fingerprint density at radius 2 is 2.00 bits per heavy atom. The molecule has 0 fully saturated rings. The quantitative estimate of drug-likeness (QED) is 0.771.